The van der Waals surface area contributed by atoms with E-state index in [4.69, 9.17) is 0 Å². The van der Waals surface area contributed by atoms with Crippen LogP contribution in [0.1, 0.15) is 82.6 Å². The summed E-state index contributed by atoms with van der Waals surface area (Å²) in [5.74, 6) is 1.22. The van der Waals surface area contributed by atoms with Crippen molar-refractivity contribution in [1.82, 2.24) is 0 Å². The molecule has 1 rings (SSSR count). The summed E-state index contributed by atoms with van der Waals surface area (Å²) < 4.78 is 0. The lowest BCUT2D eigenvalue weighted by Gasteiger charge is -2.26. The van der Waals surface area contributed by atoms with E-state index in [0.717, 1.165) is 0 Å². The molecule has 0 aliphatic heterocycles. The summed E-state index contributed by atoms with van der Waals surface area (Å²) in [5.41, 5.74) is 6.24. The first-order valence-electron chi connectivity index (χ1n) is 6.79. The standard InChI is InChI=1S/C17H28/c1-11(2)15-10-14(17(6,7)8)9-13(5)16(15)12(3)4/h9-12H,1-8H3. The summed E-state index contributed by atoms with van der Waals surface area (Å²) in [7, 11) is 0. The molecule has 0 heteroatoms. The Balaban J connectivity index is 3.47. The van der Waals surface area contributed by atoms with Crippen molar-refractivity contribution < 1.29 is 0 Å². The number of hydrogen-bond donors (Lipinski definition) is 0. The quantitative estimate of drug-likeness (QED) is 0.628. The molecule has 0 nitrogen and oxygen atoms in total. The van der Waals surface area contributed by atoms with Crippen LogP contribution in [-0.2, 0) is 5.41 Å². The molecule has 0 unspecified atom stereocenters. The molecule has 0 bridgehead atoms. The number of aryl methyl sites for hydroxylation is 1. The molecule has 0 aromatic heterocycles. The van der Waals surface area contributed by atoms with Crippen LogP contribution in [0.5, 0.6) is 0 Å². The average molecular weight is 232 g/mol. The minimum absolute atomic E-state index is 0.240. The third-order valence-corrected chi connectivity index (χ3v) is 3.48. The van der Waals surface area contributed by atoms with Gasteiger partial charge in [-0.1, -0.05) is 60.6 Å². The minimum atomic E-state index is 0.240. The monoisotopic (exact) mass is 232 g/mol. The summed E-state index contributed by atoms with van der Waals surface area (Å²) in [4.78, 5) is 0. The fourth-order valence-corrected chi connectivity index (χ4v) is 2.52. The van der Waals surface area contributed by atoms with Crippen LogP contribution in [0.4, 0.5) is 0 Å². The van der Waals surface area contributed by atoms with Crippen molar-refractivity contribution in [2.75, 3.05) is 0 Å². The second kappa shape index (κ2) is 4.84. The lowest BCUT2D eigenvalue weighted by atomic mass is 9.79. The van der Waals surface area contributed by atoms with E-state index in [-0.39, 0.29) is 5.41 Å². The first-order chi connectivity index (χ1) is 7.64. The van der Waals surface area contributed by atoms with Crippen molar-refractivity contribution >= 4 is 0 Å². The van der Waals surface area contributed by atoms with E-state index >= 15 is 0 Å². The lowest BCUT2D eigenvalue weighted by Crippen LogP contribution is -2.14. The van der Waals surface area contributed by atoms with Crippen molar-refractivity contribution in [1.29, 1.82) is 0 Å². The predicted molar refractivity (Wildman–Crippen MR) is 78.1 cm³/mol. The van der Waals surface area contributed by atoms with Gasteiger partial charge in [-0.2, -0.15) is 0 Å². The van der Waals surface area contributed by atoms with Crippen LogP contribution in [0, 0.1) is 6.92 Å². The topological polar surface area (TPSA) is 0 Å². The Morgan fingerprint density at radius 3 is 1.76 bits per heavy atom. The van der Waals surface area contributed by atoms with E-state index in [0.29, 0.717) is 11.8 Å². The maximum atomic E-state index is 2.42. The van der Waals surface area contributed by atoms with E-state index in [1.54, 1.807) is 5.56 Å². The molecule has 96 valence electrons. The molecular formula is C17H28. The van der Waals surface area contributed by atoms with Gasteiger partial charge in [0.25, 0.3) is 0 Å². The molecule has 1 aromatic carbocycles. The van der Waals surface area contributed by atoms with E-state index in [2.05, 4.69) is 67.5 Å². The number of hydrogen-bond acceptors (Lipinski definition) is 0. The van der Waals surface area contributed by atoms with Gasteiger partial charge < -0.3 is 0 Å². The van der Waals surface area contributed by atoms with Gasteiger partial charge in [-0.25, -0.2) is 0 Å². The maximum Gasteiger partial charge on any atom is -0.0132 e. The van der Waals surface area contributed by atoms with Gasteiger partial charge in [0.1, 0.15) is 0 Å². The van der Waals surface area contributed by atoms with Crippen LogP contribution in [0.25, 0.3) is 0 Å². The molecule has 0 spiro atoms. The van der Waals surface area contributed by atoms with Crippen LogP contribution in [0.15, 0.2) is 12.1 Å². The molecule has 0 fully saturated rings. The Kier molecular flexibility index (Phi) is 4.06. The molecule has 0 amide bonds. The summed E-state index contributed by atoms with van der Waals surface area (Å²) in [5, 5.41) is 0. The molecule has 1 aromatic rings. The van der Waals surface area contributed by atoms with Crippen molar-refractivity contribution in [2.45, 2.75) is 72.6 Å². The van der Waals surface area contributed by atoms with Crippen molar-refractivity contribution in [3.05, 3.63) is 34.4 Å². The second-order valence-corrected chi connectivity index (χ2v) is 6.86. The third-order valence-electron chi connectivity index (χ3n) is 3.48. The van der Waals surface area contributed by atoms with Crippen molar-refractivity contribution in [3.8, 4) is 0 Å². The molecule has 0 saturated heterocycles. The zero-order valence-electron chi connectivity index (χ0n) is 12.8. The average Bonchev–Trinajstić information content (AvgIpc) is 2.13. The summed E-state index contributed by atoms with van der Waals surface area (Å²) >= 11 is 0. The highest BCUT2D eigenvalue weighted by molar-refractivity contribution is 5.44. The largest absolute Gasteiger partial charge is 0.0587 e. The Bertz CT molecular complexity index is 389. The molecule has 0 N–H and O–H groups in total. The van der Waals surface area contributed by atoms with Crippen molar-refractivity contribution in [3.63, 3.8) is 0 Å². The molecule has 17 heavy (non-hydrogen) atoms. The number of benzene rings is 1. The Hall–Kier alpha value is -0.780. The second-order valence-electron chi connectivity index (χ2n) is 6.86. The Morgan fingerprint density at radius 2 is 1.41 bits per heavy atom. The number of rotatable bonds is 2. The van der Waals surface area contributed by atoms with Gasteiger partial charge in [-0.05, 0) is 46.4 Å². The van der Waals surface area contributed by atoms with Gasteiger partial charge >= 0.3 is 0 Å². The lowest BCUT2D eigenvalue weighted by molar-refractivity contribution is 0.586. The molecule has 0 aliphatic carbocycles. The van der Waals surface area contributed by atoms with Crippen LogP contribution >= 0.6 is 0 Å². The third kappa shape index (κ3) is 3.12. The van der Waals surface area contributed by atoms with E-state index in [9.17, 15) is 0 Å². The highest BCUT2D eigenvalue weighted by Crippen LogP contribution is 2.34. The first-order valence-corrected chi connectivity index (χ1v) is 6.79. The molecule has 0 radical (unpaired) electrons. The molecule has 0 saturated carbocycles. The van der Waals surface area contributed by atoms with Crippen molar-refractivity contribution in [2.24, 2.45) is 0 Å². The van der Waals surface area contributed by atoms with E-state index < -0.39 is 0 Å². The van der Waals surface area contributed by atoms with Gasteiger partial charge in [0, 0.05) is 0 Å². The van der Waals surface area contributed by atoms with Gasteiger partial charge in [0.05, 0.1) is 0 Å². The molecular weight excluding hydrogens is 204 g/mol. The Labute approximate surface area is 107 Å². The minimum Gasteiger partial charge on any atom is -0.0587 e. The molecule has 0 atom stereocenters. The highest BCUT2D eigenvalue weighted by atomic mass is 14.2. The zero-order valence-corrected chi connectivity index (χ0v) is 12.8. The summed E-state index contributed by atoms with van der Waals surface area (Å²) in [6, 6.07) is 4.80. The van der Waals surface area contributed by atoms with Gasteiger partial charge in [0.2, 0.25) is 0 Å². The van der Waals surface area contributed by atoms with Crippen LogP contribution < -0.4 is 0 Å². The van der Waals surface area contributed by atoms with Gasteiger partial charge in [-0.3, -0.25) is 0 Å². The normalized spacial score (nSPS) is 12.6. The Morgan fingerprint density at radius 1 is 0.882 bits per heavy atom. The molecule has 0 heterocycles. The predicted octanol–water partition coefficient (Wildman–Crippen LogP) is 5.54. The van der Waals surface area contributed by atoms with Gasteiger partial charge in [-0.15, -0.1) is 0 Å². The van der Waals surface area contributed by atoms with Gasteiger partial charge in [0.15, 0.2) is 0 Å². The fourth-order valence-electron chi connectivity index (χ4n) is 2.52. The summed E-state index contributed by atoms with van der Waals surface area (Å²) in [6.45, 7) is 18.3. The van der Waals surface area contributed by atoms with E-state index in [1.165, 1.54) is 16.7 Å². The molecule has 0 aliphatic rings. The summed E-state index contributed by atoms with van der Waals surface area (Å²) in [6.07, 6.45) is 0. The van der Waals surface area contributed by atoms with Crippen LogP contribution in [-0.4, -0.2) is 0 Å². The van der Waals surface area contributed by atoms with E-state index in [1.807, 2.05) is 0 Å². The SMILES string of the molecule is Cc1cc(C(C)(C)C)cc(C(C)C)c1C(C)C. The zero-order chi connectivity index (χ0) is 13.4. The maximum absolute atomic E-state index is 2.42. The first kappa shape index (κ1) is 14.3. The van der Waals surface area contributed by atoms with Crippen LogP contribution in [0.2, 0.25) is 0 Å². The fraction of sp³-hybridized carbons (Fsp3) is 0.647. The smallest absolute Gasteiger partial charge is 0.0132 e. The van der Waals surface area contributed by atoms with Crippen LogP contribution in [0.3, 0.4) is 0 Å². The highest BCUT2D eigenvalue weighted by Gasteiger charge is 2.19.